The Bertz CT molecular complexity index is 3290. The van der Waals surface area contributed by atoms with Crippen molar-refractivity contribution < 1.29 is 4.42 Å². The van der Waals surface area contributed by atoms with E-state index < -0.39 is 0 Å². The second-order valence-electron chi connectivity index (χ2n) is 17.4. The van der Waals surface area contributed by atoms with Crippen molar-refractivity contribution >= 4 is 39.0 Å². The number of hydrogen-bond acceptors (Lipinski definition) is 2. The Balaban J connectivity index is 0.982. The van der Waals surface area contributed by atoms with Crippen LogP contribution in [0, 0.1) is 0 Å². The molecule has 2 heteroatoms. The van der Waals surface area contributed by atoms with E-state index in [-0.39, 0.29) is 10.8 Å². The Morgan fingerprint density at radius 3 is 1.56 bits per heavy atom. The van der Waals surface area contributed by atoms with Crippen molar-refractivity contribution in [1.82, 2.24) is 0 Å². The molecule has 0 spiro atoms. The van der Waals surface area contributed by atoms with Crippen LogP contribution in [0.15, 0.2) is 211 Å². The molecular formula is C59H43NO. The lowest BCUT2D eigenvalue weighted by molar-refractivity contribution is 0.660. The maximum atomic E-state index is 6.93. The Kier molecular flexibility index (Phi) is 7.74. The van der Waals surface area contributed by atoms with Crippen molar-refractivity contribution in [3.63, 3.8) is 0 Å². The SMILES string of the molecule is CC1(C)c2ccccc2-c2ccc(-c3ccc(N(c4ccc(-c5ccccc5)cc4)c4cccc5c4oc4ccc(C6(C)c7ccccc7-c7ccccc76)cc45)cc3)cc21. The highest BCUT2D eigenvalue weighted by Crippen LogP contribution is 2.54. The lowest BCUT2D eigenvalue weighted by atomic mass is 9.74. The minimum absolute atomic E-state index is 0.0552. The van der Waals surface area contributed by atoms with E-state index in [1.807, 2.05) is 0 Å². The third-order valence-corrected chi connectivity index (χ3v) is 13.8. The summed E-state index contributed by atoms with van der Waals surface area (Å²) in [5, 5.41) is 2.22. The van der Waals surface area contributed by atoms with Crippen LogP contribution in [-0.2, 0) is 10.8 Å². The Morgan fingerprint density at radius 1 is 0.377 bits per heavy atom. The predicted molar refractivity (Wildman–Crippen MR) is 254 cm³/mol. The minimum atomic E-state index is -0.296. The quantitative estimate of drug-likeness (QED) is 0.167. The molecule has 0 fully saturated rings. The molecule has 61 heavy (non-hydrogen) atoms. The van der Waals surface area contributed by atoms with Crippen molar-refractivity contribution in [2.24, 2.45) is 0 Å². The van der Waals surface area contributed by atoms with Gasteiger partial charge in [-0.15, -0.1) is 0 Å². The van der Waals surface area contributed by atoms with Crippen molar-refractivity contribution in [3.05, 3.63) is 234 Å². The standard InChI is InChI=1S/C59H43NO/c1-58(2)51-20-10-7-16-45(51)48-34-28-41(36-54(48)58)40-26-32-44(33-27-40)60(43-30-24-39(25-31-43)38-14-5-4-6-15-38)55-23-13-19-49-50-37-42(29-35-56(50)61-57(49)55)59(3)52-21-11-8-17-46(52)47-18-9-12-22-53(47)59/h4-37H,1-3H3. The number of fused-ring (bicyclic) bond motifs is 9. The fourth-order valence-electron chi connectivity index (χ4n) is 10.6. The molecule has 0 saturated heterocycles. The van der Waals surface area contributed by atoms with Crippen LogP contribution >= 0.6 is 0 Å². The smallest absolute Gasteiger partial charge is 0.159 e. The van der Waals surface area contributed by atoms with E-state index in [0.29, 0.717) is 0 Å². The number of furan rings is 1. The zero-order valence-electron chi connectivity index (χ0n) is 34.5. The van der Waals surface area contributed by atoms with Crippen LogP contribution in [0.25, 0.3) is 66.4 Å². The number of rotatable bonds is 6. The largest absolute Gasteiger partial charge is 0.454 e. The van der Waals surface area contributed by atoms with E-state index in [4.69, 9.17) is 4.42 Å². The van der Waals surface area contributed by atoms with Crippen molar-refractivity contribution in [3.8, 4) is 44.5 Å². The fraction of sp³-hybridized carbons (Fsp3) is 0.0847. The summed E-state index contributed by atoms with van der Waals surface area (Å²) in [6, 6.07) is 75.5. The third-order valence-electron chi connectivity index (χ3n) is 13.8. The van der Waals surface area contributed by atoms with Gasteiger partial charge in [0.1, 0.15) is 5.58 Å². The van der Waals surface area contributed by atoms with Gasteiger partial charge in [-0.05, 0) is 128 Å². The van der Waals surface area contributed by atoms with Gasteiger partial charge in [0, 0.05) is 33.0 Å². The summed E-state index contributed by atoms with van der Waals surface area (Å²) in [6.45, 7) is 7.07. The zero-order valence-corrected chi connectivity index (χ0v) is 34.5. The summed E-state index contributed by atoms with van der Waals surface area (Å²) in [5.74, 6) is 0. The Morgan fingerprint density at radius 2 is 0.902 bits per heavy atom. The molecule has 12 rings (SSSR count). The fourth-order valence-corrected chi connectivity index (χ4v) is 10.6. The molecule has 9 aromatic carbocycles. The molecule has 0 N–H and O–H groups in total. The van der Waals surface area contributed by atoms with E-state index in [1.54, 1.807) is 0 Å². The van der Waals surface area contributed by atoms with Crippen LogP contribution in [0.5, 0.6) is 0 Å². The number of benzene rings is 9. The van der Waals surface area contributed by atoms with Gasteiger partial charge in [-0.25, -0.2) is 0 Å². The minimum Gasteiger partial charge on any atom is -0.454 e. The van der Waals surface area contributed by atoms with E-state index in [9.17, 15) is 0 Å². The van der Waals surface area contributed by atoms with Crippen LogP contribution < -0.4 is 4.90 Å². The lowest BCUT2D eigenvalue weighted by Crippen LogP contribution is -2.22. The van der Waals surface area contributed by atoms with Crippen LogP contribution in [0.4, 0.5) is 17.1 Å². The first-order valence-corrected chi connectivity index (χ1v) is 21.3. The van der Waals surface area contributed by atoms with Gasteiger partial charge in [-0.1, -0.05) is 172 Å². The van der Waals surface area contributed by atoms with Crippen molar-refractivity contribution in [2.75, 3.05) is 4.90 Å². The van der Waals surface area contributed by atoms with E-state index >= 15 is 0 Å². The molecule has 290 valence electrons. The molecule has 1 heterocycles. The Hall–Kier alpha value is -7.42. The van der Waals surface area contributed by atoms with Gasteiger partial charge in [-0.3, -0.25) is 0 Å². The highest BCUT2D eigenvalue weighted by Gasteiger charge is 2.41. The molecular weight excluding hydrogens is 739 g/mol. The number of para-hydroxylation sites is 1. The van der Waals surface area contributed by atoms with Crippen LogP contribution in [0.3, 0.4) is 0 Å². The summed E-state index contributed by atoms with van der Waals surface area (Å²) in [4.78, 5) is 2.34. The molecule has 0 radical (unpaired) electrons. The zero-order chi connectivity index (χ0) is 40.9. The summed E-state index contributed by atoms with van der Waals surface area (Å²) >= 11 is 0. The van der Waals surface area contributed by atoms with Crippen LogP contribution in [0.1, 0.15) is 48.6 Å². The molecule has 0 aliphatic heterocycles. The normalized spacial score (nSPS) is 14.1. The monoisotopic (exact) mass is 781 g/mol. The first-order valence-electron chi connectivity index (χ1n) is 21.3. The van der Waals surface area contributed by atoms with Gasteiger partial charge < -0.3 is 9.32 Å². The van der Waals surface area contributed by atoms with E-state index in [1.165, 1.54) is 72.3 Å². The number of anilines is 3. The molecule has 2 aliphatic carbocycles. The van der Waals surface area contributed by atoms with Gasteiger partial charge in [-0.2, -0.15) is 0 Å². The average molecular weight is 782 g/mol. The first kappa shape index (κ1) is 35.5. The molecule has 1 aromatic heterocycles. The maximum Gasteiger partial charge on any atom is 0.159 e. The van der Waals surface area contributed by atoms with Gasteiger partial charge in [0.15, 0.2) is 5.58 Å². The van der Waals surface area contributed by atoms with Crippen LogP contribution in [0.2, 0.25) is 0 Å². The highest BCUT2D eigenvalue weighted by atomic mass is 16.3. The molecule has 2 nitrogen and oxygen atoms in total. The maximum absolute atomic E-state index is 6.93. The lowest BCUT2D eigenvalue weighted by Gasteiger charge is -2.28. The summed E-state index contributed by atoms with van der Waals surface area (Å²) in [6.07, 6.45) is 0. The molecule has 0 saturated carbocycles. The van der Waals surface area contributed by atoms with E-state index in [2.05, 4.69) is 232 Å². The van der Waals surface area contributed by atoms with Gasteiger partial charge in [0.05, 0.1) is 5.69 Å². The topological polar surface area (TPSA) is 16.4 Å². The molecule has 0 atom stereocenters. The summed E-state index contributed by atoms with van der Waals surface area (Å²) in [7, 11) is 0. The number of nitrogens with zero attached hydrogens (tertiary/aromatic N) is 1. The average Bonchev–Trinajstić information content (AvgIpc) is 3.91. The van der Waals surface area contributed by atoms with E-state index in [0.717, 1.165) is 39.0 Å². The molecule has 0 bridgehead atoms. The highest BCUT2D eigenvalue weighted by molar-refractivity contribution is 6.10. The molecule has 0 amide bonds. The first-order chi connectivity index (χ1) is 29.9. The molecule has 2 aliphatic rings. The second-order valence-corrected chi connectivity index (χ2v) is 17.4. The van der Waals surface area contributed by atoms with Crippen molar-refractivity contribution in [2.45, 2.75) is 31.6 Å². The van der Waals surface area contributed by atoms with Crippen LogP contribution in [-0.4, -0.2) is 0 Å². The second kappa shape index (κ2) is 13.3. The Labute approximate surface area is 357 Å². The molecule has 0 unspecified atom stereocenters. The van der Waals surface area contributed by atoms with Gasteiger partial charge in [0.2, 0.25) is 0 Å². The third kappa shape index (κ3) is 5.28. The number of hydrogen-bond donors (Lipinski definition) is 0. The van der Waals surface area contributed by atoms with Crippen molar-refractivity contribution in [1.29, 1.82) is 0 Å². The van der Waals surface area contributed by atoms with Gasteiger partial charge in [0.25, 0.3) is 0 Å². The summed E-state index contributed by atoms with van der Waals surface area (Å²) < 4.78 is 6.93. The molecule has 10 aromatic rings. The summed E-state index contributed by atoms with van der Waals surface area (Å²) in [5.41, 5.74) is 21.3. The predicted octanol–water partition coefficient (Wildman–Crippen LogP) is 16.0. The van der Waals surface area contributed by atoms with Gasteiger partial charge >= 0.3 is 0 Å².